The van der Waals surface area contributed by atoms with E-state index < -0.39 is 0 Å². The molecule has 0 aromatic heterocycles. The minimum atomic E-state index is 0.0490. The van der Waals surface area contributed by atoms with Crippen molar-refractivity contribution in [1.82, 2.24) is 9.80 Å². The Bertz CT molecular complexity index is 536. The smallest absolute Gasteiger partial charge is 0.119 e. The van der Waals surface area contributed by atoms with Gasteiger partial charge in [0.05, 0.1) is 12.7 Å². The van der Waals surface area contributed by atoms with Crippen molar-refractivity contribution >= 4 is 0 Å². The van der Waals surface area contributed by atoms with Crippen LogP contribution in [0.5, 0.6) is 5.75 Å². The average molecular weight is 315 g/mol. The summed E-state index contributed by atoms with van der Waals surface area (Å²) in [5.74, 6) is 0.874. The monoisotopic (exact) mass is 315 g/mol. The first-order chi connectivity index (χ1) is 11.3. The zero-order valence-electron chi connectivity index (χ0n) is 13.8. The van der Waals surface area contributed by atoms with E-state index in [4.69, 9.17) is 9.47 Å². The van der Waals surface area contributed by atoms with Crippen LogP contribution in [0.2, 0.25) is 0 Å². The van der Waals surface area contributed by atoms with E-state index in [9.17, 15) is 5.26 Å². The Morgan fingerprint density at radius 3 is 2.61 bits per heavy atom. The van der Waals surface area contributed by atoms with E-state index in [1.54, 1.807) is 7.11 Å². The van der Waals surface area contributed by atoms with Gasteiger partial charge < -0.3 is 9.47 Å². The van der Waals surface area contributed by atoms with E-state index in [1.165, 1.54) is 18.4 Å². The molecule has 0 spiro atoms. The van der Waals surface area contributed by atoms with Gasteiger partial charge in [0.1, 0.15) is 18.4 Å². The molecule has 5 nitrogen and oxygen atoms in total. The zero-order valence-corrected chi connectivity index (χ0v) is 13.8. The molecule has 1 saturated heterocycles. The Hall–Kier alpha value is -1.61. The van der Waals surface area contributed by atoms with Crippen LogP contribution in [0.15, 0.2) is 24.3 Å². The summed E-state index contributed by atoms with van der Waals surface area (Å²) in [6.07, 6.45) is 2.53. The lowest BCUT2D eigenvalue weighted by Gasteiger charge is -2.38. The van der Waals surface area contributed by atoms with Gasteiger partial charge >= 0.3 is 0 Å². The maximum atomic E-state index is 9.42. The van der Waals surface area contributed by atoms with Crippen LogP contribution in [-0.2, 0) is 11.3 Å². The fourth-order valence-corrected chi connectivity index (χ4v) is 3.15. The highest BCUT2D eigenvalue weighted by molar-refractivity contribution is 5.27. The van der Waals surface area contributed by atoms with Crippen LogP contribution in [0.4, 0.5) is 0 Å². The molecular weight excluding hydrogens is 290 g/mol. The molecule has 2 aliphatic rings. The van der Waals surface area contributed by atoms with Crippen molar-refractivity contribution < 1.29 is 9.47 Å². The fraction of sp³-hybridized carbons (Fsp3) is 0.611. The summed E-state index contributed by atoms with van der Waals surface area (Å²) in [6.45, 7) is 4.97. The van der Waals surface area contributed by atoms with Crippen molar-refractivity contribution in [3.05, 3.63) is 29.8 Å². The first-order valence-corrected chi connectivity index (χ1v) is 8.38. The molecule has 0 bridgehead atoms. The van der Waals surface area contributed by atoms with Crippen LogP contribution < -0.4 is 4.74 Å². The molecule has 5 heteroatoms. The van der Waals surface area contributed by atoms with Gasteiger partial charge in [0.25, 0.3) is 0 Å². The lowest BCUT2D eigenvalue weighted by Crippen LogP contribution is -2.52. The number of ether oxygens (including phenoxy) is 2. The van der Waals surface area contributed by atoms with Crippen LogP contribution in [0.3, 0.4) is 0 Å². The SMILES string of the molecule is COCCOc1ccc(CN2CCN(C3CC3)C(C#N)C2)cc1. The van der Waals surface area contributed by atoms with Crippen molar-refractivity contribution in [3.8, 4) is 11.8 Å². The predicted molar refractivity (Wildman–Crippen MR) is 88.2 cm³/mol. The molecule has 1 aromatic rings. The summed E-state index contributed by atoms with van der Waals surface area (Å²) in [5, 5.41) is 9.42. The minimum absolute atomic E-state index is 0.0490. The van der Waals surface area contributed by atoms with Crippen LogP contribution in [-0.4, -0.2) is 61.8 Å². The van der Waals surface area contributed by atoms with E-state index in [0.717, 1.165) is 31.9 Å². The van der Waals surface area contributed by atoms with Gasteiger partial charge in [-0.15, -0.1) is 0 Å². The molecule has 1 atom stereocenters. The lowest BCUT2D eigenvalue weighted by molar-refractivity contribution is 0.0897. The Morgan fingerprint density at radius 2 is 1.96 bits per heavy atom. The zero-order chi connectivity index (χ0) is 16.1. The minimum Gasteiger partial charge on any atom is -0.491 e. The molecule has 124 valence electrons. The van der Waals surface area contributed by atoms with Gasteiger partial charge in [-0.3, -0.25) is 9.80 Å². The van der Waals surface area contributed by atoms with Gasteiger partial charge in [-0.25, -0.2) is 0 Å². The third-order valence-corrected chi connectivity index (χ3v) is 4.56. The maximum absolute atomic E-state index is 9.42. The summed E-state index contributed by atoms with van der Waals surface area (Å²) < 4.78 is 10.6. The van der Waals surface area contributed by atoms with Crippen LogP contribution >= 0.6 is 0 Å². The Balaban J connectivity index is 1.50. The Morgan fingerprint density at radius 1 is 1.17 bits per heavy atom. The van der Waals surface area contributed by atoms with E-state index in [0.29, 0.717) is 19.3 Å². The second kappa shape index (κ2) is 7.78. The van der Waals surface area contributed by atoms with Gasteiger partial charge in [-0.1, -0.05) is 12.1 Å². The Labute approximate surface area is 138 Å². The average Bonchev–Trinajstić information content (AvgIpc) is 3.41. The van der Waals surface area contributed by atoms with Crippen LogP contribution in [0.1, 0.15) is 18.4 Å². The second-order valence-corrected chi connectivity index (χ2v) is 6.33. The van der Waals surface area contributed by atoms with E-state index in [2.05, 4.69) is 28.0 Å². The molecule has 1 unspecified atom stereocenters. The van der Waals surface area contributed by atoms with Gasteiger partial charge in [0.15, 0.2) is 0 Å². The first-order valence-electron chi connectivity index (χ1n) is 8.38. The number of benzene rings is 1. The normalized spacial score (nSPS) is 22.7. The summed E-state index contributed by atoms with van der Waals surface area (Å²) >= 11 is 0. The highest BCUT2D eigenvalue weighted by Gasteiger charge is 2.37. The predicted octanol–water partition coefficient (Wildman–Crippen LogP) is 1.88. The molecule has 0 radical (unpaired) electrons. The third-order valence-electron chi connectivity index (χ3n) is 4.56. The molecule has 2 fully saturated rings. The Kier molecular flexibility index (Phi) is 5.50. The standard InChI is InChI=1S/C18H25N3O2/c1-22-10-11-23-18-6-2-15(3-7-18)13-20-8-9-21(16-4-5-16)17(12-19)14-20/h2-3,6-7,16-17H,4-5,8-11,13-14H2,1H3. The molecule has 0 N–H and O–H groups in total. The maximum Gasteiger partial charge on any atom is 0.119 e. The molecule has 23 heavy (non-hydrogen) atoms. The quantitative estimate of drug-likeness (QED) is 0.719. The van der Waals surface area contributed by atoms with Crippen molar-refractivity contribution in [3.63, 3.8) is 0 Å². The van der Waals surface area contributed by atoms with Gasteiger partial charge in [-0.05, 0) is 30.5 Å². The number of rotatable bonds is 7. The second-order valence-electron chi connectivity index (χ2n) is 6.33. The van der Waals surface area contributed by atoms with E-state index >= 15 is 0 Å². The summed E-state index contributed by atoms with van der Waals surface area (Å²) in [7, 11) is 1.67. The molecule has 0 amide bonds. The summed E-state index contributed by atoms with van der Waals surface area (Å²) in [6, 6.07) is 11.4. The molecule has 1 saturated carbocycles. The van der Waals surface area contributed by atoms with E-state index in [1.807, 2.05) is 12.1 Å². The third kappa shape index (κ3) is 4.44. The highest BCUT2D eigenvalue weighted by atomic mass is 16.5. The molecule has 1 aliphatic carbocycles. The number of nitriles is 1. The van der Waals surface area contributed by atoms with Crippen molar-refractivity contribution in [2.75, 3.05) is 40.0 Å². The number of hydrogen-bond donors (Lipinski definition) is 0. The van der Waals surface area contributed by atoms with Gasteiger partial charge in [0, 0.05) is 39.3 Å². The van der Waals surface area contributed by atoms with Crippen molar-refractivity contribution in [2.24, 2.45) is 0 Å². The van der Waals surface area contributed by atoms with Crippen molar-refractivity contribution in [1.29, 1.82) is 5.26 Å². The first kappa shape index (κ1) is 16.3. The van der Waals surface area contributed by atoms with Crippen LogP contribution in [0.25, 0.3) is 0 Å². The number of methoxy groups -OCH3 is 1. The largest absolute Gasteiger partial charge is 0.491 e. The topological polar surface area (TPSA) is 48.7 Å². The van der Waals surface area contributed by atoms with Gasteiger partial charge in [-0.2, -0.15) is 5.26 Å². The van der Waals surface area contributed by atoms with Gasteiger partial charge in [0.2, 0.25) is 0 Å². The molecule has 1 heterocycles. The van der Waals surface area contributed by atoms with E-state index in [-0.39, 0.29) is 6.04 Å². The molecule has 3 rings (SSSR count). The molecular formula is C18H25N3O2. The number of piperazine rings is 1. The van der Waals surface area contributed by atoms with Crippen molar-refractivity contribution in [2.45, 2.75) is 31.5 Å². The number of nitrogens with zero attached hydrogens (tertiary/aromatic N) is 3. The lowest BCUT2D eigenvalue weighted by atomic mass is 10.1. The highest BCUT2D eigenvalue weighted by Crippen LogP contribution is 2.30. The summed E-state index contributed by atoms with van der Waals surface area (Å²) in [4.78, 5) is 4.77. The van der Waals surface area contributed by atoms with Crippen LogP contribution in [0, 0.1) is 11.3 Å². The molecule has 1 aliphatic heterocycles. The summed E-state index contributed by atoms with van der Waals surface area (Å²) in [5.41, 5.74) is 1.26. The fourth-order valence-electron chi connectivity index (χ4n) is 3.15. The molecule has 1 aromatic carbocycles. The number of hydrogen-bond acceptors (Lipinski definition) is 5.